The van der Waals surface area contributed by atoms with Crippen molar-refractivity contribution < 1.29 is 0 Å². The molecule has 3 heteroatoms. The van der Waals surface area contributed by atoms with Gasteiger partial charge < -0.3 is 10.6 Å². The minimum Gasteiger partial charge on any atom is -0.393 e. The fraction of sp³-hybridized carbons (Fsp3) is 0.562. The Bertz CT molecular complexity index is 477. The van der Waals surface area contributed by atoms with Crippen molar-refractivity contribution in [1.82, 2.24) is 0 Å². The number of hydrogen-bond acceptors (Lipinski definition) is 2. The molecule has 1 aliphatic heterocycles. The van der Waals surface area contributed by atoms with E-state index in [1.807, 2.05) is 0 Å². The molecule has 2 aliphatic rings. The molecular weight excluding hydrogens is 252 g/mol. The molecule has 1 aromatic rings. The van der Waals surface area contributed by atoms with Crippen molar-refractivity contribution in [2.45, 2.75) is 38.5 Å². The van der Waals surface area contributed by atoms with E-state index < -0.39 is 0 Å². The molecule has 0 aromatic heterocycles. The predicted octanol–water partition coefficient (Wildman–Crippen LogP) is 3.29. The maximum Gasteiger partial charge on any atom is 0.0807 e. The first-order valence-corrected chi connectivity index (χ1v) is 7.75. The molecule has 0 saturated heterocycles. The van der Waals surface area contributed by atoms with Crippen LogP contribution in [0, 0.1) is 5.41 Å². The summed E-state index contributed by atoms with van der Waals surface area (Å²) in [5.41, 5.74) is 9.03. The van der Waals surface area contributed by atoms with Gasteiger partial charge in [-0.1, -0.05) is 43.3 Å². The Morgan fingerprint density at radius 1 is 1.21 bits per heavy atom. The van der Waals surface area contributed by atoms with E-state index in [-0.39, 0.29) is 5.41 Å². The standard InChI is InChI=1S/C16H22N2S/c17-15(19)16(9-3-4-10-16)12-18-11-5-7-13-6-1-2-8-14(13)18/h1-2,6,8H,3-5,7,9-12H2,(H2,17,19). The van der Waals surface area contributed by atoms with Crippen molar-refractivity contribution in [3.8, 4) is 0 Å². The van der Waals surface area contributed by atoms with Gasteiger partial charge in [0.2, 0.25) is 0 Å². The van der Waals surface area contributed by atoms with Crippen molar-refractivity contribution in [3.05, 3.63) is 29.8 Å². The molecule has 0 radical (unpaired) electrons. The first kappa shape index (κ1) is 12.9. The Morgan fingerprint density at radius 3 is 2.68 bits per heavy atom. The Morgan fingerprint density at radius 2 is 1.95 bits per heavy atom. The van der Waals surface area contributed by atoms with Crippen LogP contribution in [0.15, 0.2) is 24.3 Å². The van der Waals surface area contributed by atoms with Crippen LogP contribution in [-0.2, 0) is 6.42 Å². The second kappa shape index (κ2) is 5.12. The zero-order chi connectivity index (χ0) is 13.3. The number of hydrogen-bond donors (Lipinski definition) is 1. The molecule has 2 N–H and O–H groups in total. The summed E-state index contributed by atoms with van der Waals surface area (Å²) in [5, 5.41) is 0. The number of nitrogens with zero attached hydrogens (tertiary/aromatic N) is 1. The zero-order valence-corrected chi connectivity index (χ0v) is 12.2. The Labute approximate surface area is 121 Å². The average Bonchev–Trinajstić information content (AvgIpc) is 2.89. The number of nitrogens with two attached hydrogens (primary N) is 1. The molecule has 102 valence electrons. The quantitative estimate of drug-likeness (QED) is 0.858. The van der Waals surface area contributed by atoms with Gasteiger partial charge in [-0.05, 0) is 37.3 Å². The molecule has 1 aromatic carbocycles. The summed E-state index contributed by atoms with van der Waals surface area (Å²) in [6.45, 7) is 2.15. The largest absolute Gasteiger partial charge is 0.393 e. The van der Waals surface area contributed by atoms with Gasteiger partial charge in [0, 0.05) is 24.2 Å². The minimum atomic E-state index is 0.0831. The van der Waals surface area contributed by atoms with Crippen molar-refractivity contribution in [2.24, 2.45) is 11.1 Å². The van der Waals surface area contributed by atoms with Gasteiger partial charge in [-0.3, -0.25) is 0 Å². The number of thiocarbonyl (C=S) groups is 1. The van der Waals surface area contributed by atoms with Crippen LogP contribution in [0.1, 0.15) is 37.7 Å². The van der Waals surface area contributed by atoms with Crippen LogP contribution >= 0.6 is 12.2 Å². The van der Waals surface area contributed by atoms with Gasteiger partial charge in [0.05, 0.1) is 4.99 Å². The van der Waals surface area contributed by atoms with Crippen LogP contribution in [0.4, 0.5) is 5.69 Å². The van der Waals surface area contributed by atoms with Crippen LogP contribution in [0.2, 0.25) is 0 Å². The molecule has 1 saturated carbocycles. The highest BCUT2D eigenvalue weighted by molar-refractivity contribution is 7.80. The lowest BCUT2D eigenvalue weighted by atomic mass is 9.84. The lowest BCUT2D eigenvalue weighted by molar-refractivity contribution is 0.426. The van der Waals surface area contributed by atoms with E-state index in [2.05, 4.69) is 29.2 Å². The average molecular weight is 274 g/mol. The van der Waals surface area contributed by atoms with Crippen LogP contribution in [0.5, 0.6) is 0 Å². The van der Waals surface area contributed by atoms with E-state index >= 15 is 0 Å². The van der Waals surface area contributed by atoms with Crippen LogP contribution in [0.25, 0.3) is 0 Å². The van der Waals surface area contributed by atoms with Gasteiger partial charge in [0.25, 0.3) is 0 Å². The lowest BCUT2D eigenvalue weighted by Gasteiger charge is -2.39. The number of anilines is 1. The molecule has 3 rings (SSSR count). The highest BCUT2D eigenvalue weighted by atomic mass is 32.1. The van der Waals surface area contributed by atoms with E-state index in [4.69, 9.17) is 18.0 Å². The van der Waals surface area contributed by atoms with Gasteiger partial charge in [-0.15, -0.1) is 0 Å². The molecule has 0 amide bonds. The normalized spacial score (nSPS) is 21.2. The summed E-state index contributed by atoms with van der Waals surface area (Å²) in [6, 6.07) is 8.78. The Balaban J connectivity index is 1.86. The number of aryl methyl sites for hydroxylation is 1. The smallest absolute Gasteiger partial charge is 0.0807 e. The third-order valence-corrected chi connectivity index (χ3v) is 5.22. The monoisotopic (exact) mass is 274 g/mol. The summed E-state index contributed by atoms with van der Waals surface area (Å²) in [7, 11) is 0. The van der Waals surface area contributed by atoms with Gasteiger partial charge in [0.1, 0.15) is 0 Å². The van der Waals surface area contributed by atoms with E-state index in [1.54, 1.807) is 0 Å². The van der Waals surface area contributed by atoms with Gasteiger partial charge in [-0.2, -0.15) is 0 Å². The number of fused-ring (bicyclic) bond motifs is 1. The fourth-order valence-electron chi connectivity index (χ4n) is 3.68. The zero-order valence-electron chi connectivity index (χ0n) is 11.4. The molecule has 1 heterocycles. The van der Waals surface area contributed by atoms with E-state index in [9.17, 15) is 0 Å². The van der Waals surface area contributed by atoms with Gasteiger partial charge in [-0.25, -0.2) is 0 Å². The molecule has 0 unspecified atom stereocenters. The minimum absolute atomic E-state index is 0.0831. The second-order valence-electron chi connectivity index (χ2n) is 6.01. The highest BCUT2D eigenvalue weighted by Gasteiger charge is 2.39. The van der Waals surface area contributed by atoms with Crippen LogP contribution in [-0.4, -0.2) is 18.1 Å². The van der Waals surface area contributed by atoms with Crippen molar-refractivity contribution in [3.63, 3.8) is 0 Å². The molecule has 0 atom stereocenters. The molecule has 1 fully saturated rings. The number of rotatable bonds is 3. The molecule has 2 nitrogen and oxygen atoms in total. The second-order valence-corrected chi connectivity index (χ2v) is 6.45. The lowest BCUT2D eigenvalue weighted by Crippen LogP contribution is -2.45. The first-order valence-electron chi connectivity index (χ1n) is 7.34. The number of para-hydroxylation sites is 1. The molecule has 0 spiro atoms. The maximum absolute atomic E-state index is 6.07. The van der Waals surface area contributed by atoms with Crippen LogP contribution in [0.3, 0.4) is 0 Å². The molecular formula is C16H22N2S. The fourth-order valence-corrected chi connectivity index (χ4v) is 3.94. The molecule has 1 aliphatic carbocycles. The first-order chi connectivity index (χ1) is 9.21. The van der Waals surface area contributed by atoms with Crippen LogP contribution < -0.4 is 10.6 Å². The molecule has 0 bridgehead atoms. The van der Waals surface area contributed by atoms with E-state index in [1.165, 1.54) is 49.8 Å². The Kier molecular flexibility index (Phi) is 3.48. The Hall–Kier alpha value is -1.09. The summed E-state index contributed by atoms with van der Waals surface area (Å²) < 4.78 is 0. The molecule has 19 heavy (non-hydrogen) atoms. The summed E-state index contributed by atoms with van der Waals surface area (Å²) in [5.74, 6) is 0. The third kappa shape index (κ3) is 2.36. The topological polar surface area (TPSA) is 29.3 Å². The predicted molar refractivity (Wildman–Crippen MR) is 84.7 cm³/mol. The van der Waals surface area contributed by atoms with Crippen molar-refractivity contribution >= 4 is 22.9 Å². The summed E-state index contributed by atoms with van der Waals surface area (Å²) in [4.78, 5) is 3.25. The summed E-state index contributed by atoms with van der Waals surface area (Å²) in [6.07, 6.45) is 7.32. The summed E-state index contributed by atoms with van der Waals surface area (Å²) >= 11 is 5.39. The third-order valence-electron chi connectivity index (χ3n) is 4.78. The maximum atomic E-state index is 6.07. The van der Waals surface area contributed by atoms with Gasteiger partial charge >= 0.3 is 0 Å². The van der Waals surface area contributed by atoms with E-state index in [0.29, 0.717) is 0 Å². The van der Waals surface area contributed by atoms with Crippen molar-refractivity contribution in [1.29, 1.82) is 0 Å². The SMILES string of the molecule is NC(=S)C1(CN2CCCc3ccccc32)CCCC1. The van der Waals surface area contributed by atoms with Gasteiger partial charge in [0.15, 0.2) is 0 Å². The van der Waals surface area contributed by atoms with E-state index in [0.717, 1.165) is 18.1 Å². The van der Waals surface area contributed by atoms with Crippen molar-refractivity contribution in [2.75, 3.05) is 18.0 Å². The number of benzene rings is 1. The highest BCUT2D eigenvalue weighted by Crippen LogP contribution is 2.41.